The molecular formula is C16H17BrN4O6S. The van der Waals surface area contributed by atoms with Gasteiger partial charge in [-0.25, -0.2) is 4.79 Å². The van der Waals surface area contributed by atoms with Gasteiger partial charge in [0.2, 0.25) is 0 Å². The Morgan fingerprint density at radius 3 is 2.79 bits per heavy atom. The molecule has 0 aromatic carbocycles. The van der Waals surface area contributed by atoms with Gasteiger partial charge < -0.3 is 15.2 Å². The number of hydrogen-bond donors (Lipinski definition) is 2. The van der Waals surface area contributed by atoms with Crippen LogP contribution in [0.1, 0.15) is 24.3 Å². The molecule has 2 atom stereocenters. The molecular weight excluding hydrogens is 456 g/mol. The second kappa shape index (κ2) is 7.95. The van der Waals surface area contributed by atoms with Gasteiger partial charge in [0.15, 0.2) is 0 Å². The third kappa shape index (κ3) is 3.53. The highest BCUT2D eigenvalue weighted by Crippen LogP contribution is 2.40. The Labute approximate surface area is 172 Å². The van der Waals surface area contributed by atoms with Crippen molar-refractivity contribution in [3.05, 3.63) is 27.6 Å². The molecule has 3 rings (SSSR count). The lowest BCUT2D eigenvalue weighted by Crippen LogP contribution is -2.70. The van der Waals surface area contributed by atoms with Gasteiger partial charge in [0.25, 0.3) is 11.8 Å². The molecule has 1 aromatic heterocycles. The van der Waals surface area contributed by atoms with Crippen molar-refractivity contribution >= 4 is 51.4 Å². The lowest BCUT2D eigenvalue weighted by molar-refractivity contribution is -0.149. The van der Waals surface area contributed by atoms with E-state index in [-0.39, 0.29) is 18.1 Å². The quantitative estimate of drug-likeness (QED) is 0.453. The van der Waals surface area contributed by atoms with Gasteiger partial charge in [-0.05, 0) is 22.9 Å². The molecule has 10 nitrogen and oxygen atoms in total. The van der Waals surface area contributed by atoms with Crippen LogP contribution in [-0.2, 0) is 25.7 Å². The van der Waals surface area contributed by atoms with E-state index < -0.39 is 35.2 Å². The molecule has 12 heteroatoms. The molecule has 2 aliphatic heterocycles. The minimum Gasteiger partial charge on any atom is -0.477 e. The minimum atomic E-state index is -1.28. The fraction of sp³-hybridized carbons (Fsp3) is 0.438. The third-order valence-electron chi connectivity index (χ3n) is 4.30. The van der Waals surface area contributed by atoms with E-state index in [0.29, 0.717) is 22.3 Å². The second-order valence-electron chi connectivity index (χ2n) is 6.06. The molecule has 0 bridgehead atoms. The summed E-state index contributed by atoms with van der Waals surface area (Å²) in [6.07, 6.45) is 1.50. The van der Waals surface area contributed by atoms with Crippen molar-refractivity contribution in [3.8, 4) is 0 Å². The molecule has 3 heterocycles. The summed E-state index contributed by atoms with van der Waals surface area (Å²) in [5.74, 6) is -2.55. The largest absolute Gasteiger partial charge is 0.477 e. The third-order valence-corrected chi connectivity index (χ3v) is 6.22. The Morgan fingerprint density at radius 1 is 1.46 bits per heavy atom. The molecule has 150 valence electrons. The number of thioether (sulfide) groups is 1. The maximum absolute atomic E-state index is 12.6. The Hall–Kier alpha value is -2.34. The number of fused-ring (bicyclic) bond motifs is 1. The molecule has 0 unspecified atom stereocenters. The van der Waals surface area contributed by atoms with Crippen molar-refractivity contribution in [2.45, 2.75) is 31.8 Å². The van der Waals surface area contributed by atoms with Crippen molar-refractivity contribution < 1.29 is 29.0 Å². The average molecular weight is 473 g/mol. The van der Waals surface area contributed by atoms with Crippen molar-refractivity contribution in [2.75, 3.05) is 12.4 Å². The molecule has 0 aliphatic carbocycles. The summed E-state index contributed by atoms with van der Waals surface area (Å²) in [5.41, 5.74) is 0.438. The topological polar surface area (TPSA) is 131 Å². The number of amides is 2. The summed E-state index contributed by atoms with van der Waals surface area (Å²) in [4.78, 5) is 49.0. The van der Waals surface area contributed by atoms with Crippen LogP contribution < -0.4 is 5.32 Å². The normalized spacial score (nSPS) is 21.1. The van der Waals surface area contributed by atoms with Gasteiger partial charge in [-0.2, -0.15) is 5.10 Å². The van der Waals surface area contributed by atoms with Gasteiger partial charge in [-0.1, -0.05) is 0 Å². The number of β-lactam (4-membered cyclic amide) rings is 1. The number of ether oxygens (including phenoxy) is 1. The van der Waals surface area contributed by atoms with Crippen LogP contribution in [0.4, 0.5) is 0 Å². The number of carbonyl (C=O) groups excluding carboxylic acids is 3. The number of carbonyl (C=O) groups is 4. The first-order chi connectivity index (χ1) is 13.3. The molecule has 1 aromatic rings. The van der Waals surface area contributed by atoms with Gasteiger partial charge in [0.05, 0.1) is 10.7 Å². The zero-order valence-electron chi connectivity index (χ0n) is 15.0. The van der Waals surface area contributed by atoms with E-state index in [2.05, 4.69) is 26.3 Å². The molecule has 0 spiro atoms. The number of rotatable bonds is 6. The van der Waals surface area contributed by atoms with Crippen LogP contribution >= 0.6 is 27.7 Å². The predicted molar refractivity (Wildman–Crippen MR) is 101 cm³/mol. The van der Waals surface area contributed by atoms with Gasteiger partial charge in [-0.3, -0.25) is 24.0 Å². The lowest BCUT2D eigenvalue weighted by atomic mass is 10.0. The van der Waals surface area contributed by atoms with Crippen LogP contribution in [0.5, 0.6) is 0 Å². The standard InChI is InChI=1S/C16H17BrN4O6S/c1-3-20-12(9(17)4-18-20)13(23)19-10-14(24)21-11(16(25)26)8(5-27-7(2)22)6-28-15(10)21/h4,10,15H,3,5-6H2,1-2H3,(H,19,23)(H,25,26)/t10-,15-/m0/s1. The van der Waals surface area contributed by atoms with E-state index in [1.165, 1.54) is 29.6 Å². The number of aliphatic carboxylic acids is 1. The number of aryl methyl sites for hydroxylation is 1. The SMILES string of the molecule is CCn1ncc(Br)c1C(=O)N[C@H]1C(=O)N2C(C(=O)O)=C(COC(C)=O)CS[C@@H]12. The Balaban J connectivity index is 1.78. The summed E-state index contributed by atoms with van der Waals surface area (Å²) < 4.78 is 6.88. The highest BCUT2D eigenvalue weighted by molar-refractivity contribution is 9.10. The van der Waals surface area contributed by atoms with Crippen molar-refractivity contribution in [2.24, 2.45) is 0 Å². The number of carboxylic acid groups (broad SMARTS) is 1. The first-order valence-corrected chi connectivity index (χ1v) is 10.2. The number of nitrogens with zero attached hydrogens (tertiary/aromatic N) is 3. The number of halogens is 1. The number of carboxylic acids is 1. The summed E-state index contributed by atoms with van der Waals surface area (Å²) in [5, 5.41) is 15.7. The zero-order valence-corrected chi connectivity index (χ0v) is 17.4. The van der Waals surface area contributed by atoms with Crippen LogP contribution in [0.15, 0.2) is 21.9 Å². The summed E-state index contributed by atoms with van der Waals surface area (Å²) in [6, 6.07) is -0.853. The van der Waals surface area contributed by atoms with Crippen LogP contribution in [-0.4, -0.2) is 67.3 Å². The highest BCUT2D eigenvalue weighted by atomic mass is 79.9. The maximum atomic E-state index is 12.6. The number of aromatic nitrogens is 2. The van der Waals surface area contributed by atoms with E-state index >= 15 is 0 Å². The van der Waals surface area contributed by atoms with Crippen LogP contribution in [0.2, 0.25) is 0 Å². The maximum Gasteiger partial charge on any atom is 0.352 e. The minimum absolute atomic E-state index is 0.194. The molecule has 28 heavy (non-hydrogen) atoms. The molecule has 0 saturated carbocycles. The van der Waals surface area contributed by atoms with E-state index in [1.54, 1.807) is 0 Å². The highest BCUT2D eigenvalue weighted by Gasteiger charge is 2.54. The number of esters is 1. The summed E-state index contributed by atoms with van der Waals surface area (Å²) in [6.45, 7) is 3.33. The van der Waals surface area contributed by atoms with Gasteiger partial charge in [-0.15, -0.1) is 11.8 Å². The first-order valence-electron chi connectivity index (χ1n) is 8.31. The fourth-order valence-corrected chi connectivity index (χ4v) is 4.82. The van der Waals surface area contributed by atoms with Crippen molar-refractivity contribution in [1.82, 2.24) is 20.0 Å². The van der Waals surface area contributed by atoms with E-state index in [1.807, 2.05) is 6.92 Å². The summed E-state index contributed by atoms with van der Waals surface area (Å²) in [7, 11) is 0. The molecule has 2 amide bonds. The Morgan fingerprint density at radius 2 is 2.18 bits per heavy atom. The lowest BCUT2D eigenvalue weighted by Gasteiger charge is -2.49. The van der Waals surface area contributed by atoms with Gasteiger partial charge in [0, 0.05) is 24.8 Å². The van der Waals surface area contributed by atoms with Crippen LogP contribution in [0.3, 0.4) is 0 Å². The predicted octanol–water partition coefficient (Wildman–Crippen LogP) is 0.581. The average Bonchev–Trinajstić information content (AvgIpc) is 3.03. The fourth-order valence-electron chi connectivity index (χ4n) is 3.02. The van der Waals surface area contributed by atoms with Crippen molar-refractivity contribution in [3.63, 3.8) is 0 Å². The molecule has 0 radical (unpaired) electrons. The molecule has 2 N–H and O–H groups in total. The van der Waals surface area contributed by atoms with Crippen molar-refractivity contribution in [1.29, 1.82) is 0 Å². The molecule has 2 aliphatic rings. The van der Waals surface area contributed by atoms with Crippen LogP contribution in [0.25, 0.3) is 0 Å². The Bertz CT molecular complexity index is 898. The summed E-state index contributed by atoms with van der Waals surface area (Å²) >= 11 is 4.57. The van der Waals surface area contributed by atoms with E-state index in [9.17, 15) is 24.3 Å². The molecule has 1 fully saturated rings. The number of nitrogens with one attached hydrogen (secondary N) is 1. The molecule has 1 saturated heterocycles. The first kappa shape index (κ1) is 20.4. The van der Waals surface area contributed by atoms with Crippen LogP contribution in [0, 0.1) is 0 Å². The van der Waals surface area contributed by atoms with E-state index in [4.69, 9.17) is 4.74 Å². The number of hydrogen-bond acceptors (Lipinski definition) is 7. The second-order valence-corrected chi connectivity index (χ2v) is 8.01. The monoisotopic (exact) mass is 472 g/mol. The van der Waals surface area contributed by atoms with E-state index in [0.717, 1.165) is 4.90 Å². The Kier molecular flexibility index (Phi) is 5.79. The van der Waals surface area contributed by atoms with Gasteiger partial charge >= 0.3 is 11.9 Å². The van der Waals surface area contributed by atoms with Gasteiger partial charge in [0.1, 0.15) is 29.4 Å². The smallest absolute Gasteiger partial charge is 0.352 e. The zero-order chi connectivity index (χ0) is 20.6.